The van der Waals surface area contributed by atoms with Crippen LogP contribution < -0.4 is 5.32 Å². The second-order valence-corrected chi connectivity index (χ2v) is 5.76. The van der Waals surface area contributed by atoms with Crippen molar-refractivity contribution in [3.63, 3.8) is 0 Å². The minimum Gasteiger partial charge on any atom is -0.480 e. The molecule has 118 valence electrons. The summed E-state index contributed by atoms with van der Waals surface area (Å²) in [5.41, 5.74) is 0. The van der Waals surface area contributed by atoms with Crippen molar-refractivity contribution in [3.8, 4) is 0 Å². The van der Waals surface area contributed by atoms with Gasteiger partial charge in [0, 0.05) is 32.2 Å². The fourth-order valence-electron chi connectivity index (χ4n) is 1.78. The summed E-state index contributed by atoms with van der Waals surface area (Å²) in [4.78, 5) is 25.8. The fourth-order valence-corrected chi connectivity index (χ4v) is 2.48. The fraction of sp³-hybridized carbons (Fsp3) is 0.571. The molecule has 0 spiro atoms. The van der Waals surface area contributed by atoms with Crippen LogP contribution >= 0.6 is 11.3 Å². The Morgan fingerprint density at radius 2 is 2.29 bits per heavy atom. The van der Waals surface area contributed by atoms with Crippen molar-refractivity contribution < 1.29 is 19.4 Å². The van der Waals surface area contributed by atoms with Gasteiger partial charge in [-0.1, -0.05) is 6.07 Å². The van der Waals surface area contributed by atoms with Gasteiger partial charge in [0.1, 0.15) is 6.04 Å². The first kappa shape index (κ1) is 17.5. The van der Waals surface area contributed by atoms with Crippen LogP contribution in [0.5, 0.6) is 0 Å². The Bertz CT molecular complexity index is 436. The van der Waals surface area contributed by atoms with E-state index in [9.17, 15) is 9.59 Å². The number of nitrogens with zero attached hydrogens (tertiary/aromatic N) is 1. The van der Waals surface area contributed by atoms with Crippen LogP contribution in [0.4, 0.5) is 4.79 Å². The number of hydrogen-bond acceptors (Lipinski definition) is 4. The second kappa shape index (κ2) is 9.36. The van der Waals surface area contributed by atoms with Gasteiger partial charge in [-0.25, -0.2) is 9.59 Å². The lowest BCUT2D eigenvalue weighted by Crippen LogP contribution is -2.47. The summed E-state index contributed by atoms with van der Waals surface area (Å²) in [6, 6.07) is 2.74. The molecule has 21 heavy (non-hydrogen) atoms. The van der Waals surface area contributed by atoms with Gasteiger partial charge in [0.25, 0.3) is 0 Å². The highest BCUT2D eigenvalue weighted by molar-refractivity contribution is 7.09. The van der Waals surface area contributed by atoms with E-state index < -0.39 is 12.0 Å². The van der Waals surface area contributed by atoms with E-state index in [1.54, 1.807) is 25.5 Å². The van der Waals surface area contributed by atoms with Crippen molar-refractivity contribution in [2.75, 3.05) is 27.3 Å². The Labute approximate surface area is 128 Å². The molecule has 1 heterocycles. The predicted octanol–water partition coefficient (Wildman–Crippen LogP) is 1.81. The van der Waals surface area contributed by atoms with Crippen LogP contribution in [0.2, 0.25) is 0 Å². The summed E-state index contributed by atoms with van der Waals surface area (Å²) in [6.07, 6.45) is 1.71. The molecule has 0 aliphatic carbocycles. The van der Waals surface area contributed by atoms with Crippen molar-refractivity contribution in [1.82, 2.24) is 10.2 Å². The Morgan fingerprint density at radius 3 is 2.86 bits per heavy atom. The molecular weight excluding hydrogens is 292 g/mol. The summed E-state index contributed by atoms with van der Waals surface area (Å²) < 4.78 is 4.89. The van der Waals surface area contributed by atoms with Crippen LogP contribution in [0.1, 0.15) is 17.7 Å². The number of aliphatic carboxylic acids is 1. The normalized spacial score (nSPS) is 11.9. The number of carbonyl (C=O) groups excluding carboxylic acids is 1. The third-order valence-corrected chi connectivity index (χ3v) is 3.99. The standard InChI is InChI=1S/C14H22N2O4S/c1-16(8-7-11-5-4-10-21-11)14(19)15-12(13(17)18)6-3-9-20-2/h4-5,10,12H,3,6-9H2,1-2H3,(H,15,19)(H,17,18). The molecule has 0 bridgehead atoms. The number of urea groups is 1. The highest BCUT2D eigenvalue weighted by Gasteiger charge is 2.21. The third kappa shape index (κ3) is 6.59. The highest BCUT2D eigenvalue weighted by Crippen LogP contribution is 2.09. The number of methoxy groups -OCH3 is 1. The van der Waals surface area contributed by atoms with Crippen LogP contribution in [-0.4, -0.2) is 55.4 Å². The van der Waals surface area contributed by atoms with E-state index in [1.807, 2.05) is 17.5 Å². The maximum absolute atomic E-state index is 12.0. The zero-order valence-electron chi connectivity index (χ0n) is 12.4. The molecule has 1 atom stereocenters. The number of amides is 2. The summed E-state index contributed by atoms with van der Waals surface area (Å²) in [6.45, 7) is 1.03. The molecule has 2 amide bonds. The zero-order chi connectivity index (χ0) is 15.7. The number of thiophene rings is 1. The van der Waals surface area contributed by atoms with Gasteiger partial charge in [-0.05, 0) is 30.7 Å². The summed E-state index contributed by atoms with van der Waals surface area (Å²) >= 11 is 1.64. The Morgan fingerprint density at radius 1 is 1.52 bits per heavy atom. The van der Waals surface area contributed by atoms with E-state index in [-0.39, 0.29) is 6.03 Å². The zero-order valence-corrected chi connectivity index (χ0v) is 13.2. The van der Waals surface area contributed by atoms with Gasteiger partial charge in [-0.3, -0.25) is 0 Å². The number of likely N-dealkylation sites (N-methyl/N-ethyl adjacent to an activating group) is 1. The van der Waals surface area contributed by atoms with Gasteiger partial charge in [0.15, 0.2) is 0 Å². The van der Waals surface area contributed by atoms with E-state index in [1.165, 1.54) is 9.78 Å². The smallest absolute Gasteiger partial charge is 0.326 e. The molecule has 0 saturated carbocycles. The first-order valence-electron chi connectivity index (χ1n) is 6.80. The molecule has 1 unspecified atom stereocenters. The molecule has 0 aromatic carbocycles. The second-order valence-electron chi connectivity index (χ2n) is 4.73. The van der Waals surface area contributed by atoms with Crippen molar-refractivity contribution in [1.29, 1.82) is 0 Å². The van der Waals surface area contributed by atoms with E-state index >= 15 is 0 Å². The van der Waals surface area contributed by atoms with Crippen molar-refractivity contribution in [2.45, 2.75) is 25.3 Å². The molecule has 7 heteroatoms. The van der Waals surface area contributed by atoms with Crippen LogP contribution in [0.25, 0.3) is 0 Å². The molecule has 0 aliphatic heterocycles. The molecule has 1 aromatic heterocycles. The minimum absolute atomic E-state index is 0.355. The van der Waals surface area contributed by atoms with Crippen LogP contribution in [-0.2, 0) is 16.0 Å². The number of rotatable bonds is 9. The first-order valence-corrected chi connectivity index (χ1v) is 7.68. The molecular formula is C14H22N2O4S. The Hall–Kier alpha value is -1.60. The van der Waals surface area contributed by atoms with Crippen LogP contribution in [0.15, 0.2) is 17.5 Å². The number of hydrogen-bond donors (Lipinski definition) is 2. The molecule has 1 aromatic rings. The molecule has 0 saturated heterocycles. The SMILES string of the molecule is COCCCC(NC(=O)N(C)CCc1cccs1)C(=O)O. The molecule has 1 rings (SSSR count). The lowest BCUT2D eigenvalue weighted by Gasteiger charge is -2.21. The summed E-state index contributed by atoms with van der Waals surface area (Å²) in [5, 5.41) is 13.6. The quantitative estimate of drug-likeness (QED) is 0.681. The number of carboxylic acid groups (broad SMARTS) is 1. The number of nitrogens with one attached hydrogen (secondary N) is 1. The maximum atomic E-state index is 12.0. The van der Waals surface area contributed by atoms with Gasteiger partial charge in [0.05, 0.1) is 0 Å². The van der Waals surface area contributed by atoms with E-state index in [2.05, 4.69) is 5.32 Å². The van der Waals surface area contributed by atoms with Crippen LogP contribution in [0.3, 0.4) is 0 Å². The molecule has 6 nitrogen and oxygen atoms in total. The van der Waals surface area contributed by atoms with Gasteiger partial charge >= 0.3 is 12.0 Å². The average Bonchev–Trinajstić information content (AvgIpc) is 2.96. The Balaban J connectivity index is 2.38. The Kier molecular flexibility index (Phi) is 7.78. The minimum atomic E-state index is -1.02. The summed E-state index contributed by atoms with van der Waals surface area (Å²) in [5.74, 6) is -1.02. The topological polar surface area (TPSA) is 78.9 Å². The van der Waals surface area contributed by atoms with Gasteiger partial charge in [0.2, 0.25) is 0 Å². The van der Waals surface area contributed by atoms with Crippen molar-refractivity contribution in [3.05, 3.63) is 22.4 Å². The van der Waals surface area contributed by atoms with Crippen LogP contribution in [0, 0.1) is 0 Å². The van der Waals surface area contributed by atoms with E-state index in [0.717, 1.165) is 6.42 Å². The van der Waals surface area contributed by atoms with Gasteiger partial charge in [-0.2, -0.15) is 0 Å². The van der Waals surface area contributed by atoms with Gasteiger partial charge < -0.3 is 20.1 Å². The number of carbonyl (C=O) groups is 2. The number of ether oxygens (including phenoxy) is 1. The molecule has 2 N–H and O–H groups in total. The number of carboxylic acids is 1. The van der Waals surface area contributed by atoms with Gasteiger partial charge in [-0.15, -0.1) is 11.3 Å². The lowest BCUT2D eigenvalue weighted by molar-refractivity contribution is -0.139. The third-order valence-electron chi connectivity index (χ3n) is 3.06. The molecule has 0 radical (unpaired) electrons. The first-order chi connectivity index (χ1) is 10.0. The molecule has 0 aliphatic rings. The van der Waals surface area contributed by atoms with E-state index in [4.69, 9.17) is 9.84 Å². The highest BCUT2D eigenvalue weighted by atomic mass is 32.1. The van der Waals surface area contributed by atoms with Crippen molar-refractivity contribution >= 4 is 23.3 Å². The summed E-state index contributed by atoms with van der Waals surface area (Å²) in [7, 11) is 3.23. The average molecular weight is 314 g/mol. The maximum Gasteiger partial charge on any atom is 0.326 e. The molecule has 0 fully saturated rings. The largest absolute Gasteiger partial charge is 0.480 e. The lowest BCUT2D eigenvalue weighted by atomic mass is 10.1. The monoisotopic (exact) mass is 314 g/mol. The van der Waals surface area contributed by atoms with E-state index in [0.29, 0.717) is 26.0 Å². The van der Waals surface area contributed by atoms with Crippen molar-refractivity contribution in [2.24, 2.45) is 0 Å². The predicted molar refractivity (Wildman–Crippen MR) is 81.7 cm³/mol.